The average molecular weight is 459 g/mol. The van der Waals surface area contributed by atoms with Gasteiger partial charge in [0.15, 0.2) is 5.16 Å². The molecule has 1 aromatic heterocycles. The largest absolute Gasteiger partial charge is 0.287 e. The number of hydrogen-bond acceptors (Lipinski definition) is 5. The molecule has 0 saturated heterocycles. The predicted octanol–water partition coefficient (Wildman–Crippen LogP) is 3.65. The number of halogens is 1. The Hall–Kier alpha value is -2.84. The van der Waals surface area contributed by atoms with Crippen LogP contribution >= 0.6 is 23.4 Å². The van der Waals surface area contributed by atoms with Gasteiger partial charge in [-0.1, -0.05) is 55.4 Å². The van der Waals surface area contributed by atoms with Gasteiger partial charge < -0.3 is 0 Å². The van der Waals surface area contributed by atoms with Crippen LogP contribution in [0.2, 0.25) is 5.02 Å². The molecule has 0 unspecified atom stereocenters. The number of carbonyl (C=O) groups excluding carboxylic acids is 2. The number of amides is 2. The lowest BCUT2D eigenvalue weighted by molar-refractivity contribution is -0.119. The van der Waals surface area contributed by atoms with Gasteiger partial charge in [0.05, 0.1) is 16.7 Å². The first kappa shape index (κ1) is 22.8. The van der Waals surface area contributed by atoms with Gasteiger partial charge in [0.25, 0.3) is 11.5 Å². The van der Waals surface area contributed by atoms with Gasteiger partial charge in [-0.15, -0.1) is 0 Å². The van der Waals surface area contributed by atoms with E-state index in [0.717, 1.165) is 18.2 Å². The van der Waals surface area contributed by atoms with Crippen LogP contribution in [0, 0.1) is 5.92 Å². The molecule has 0 saturated carbocycles. The minimum absolute atomic E-state index is 0.0186. The number of fused-ring (bicyclic) bond motifs is 1. The van der Waals surface area contributed by atoms with E-state index in [4.69, 9.17) is 11.6 Å². The molecule has 0 spiro atoms. The maximum Gasteiger partial charge on any atom is 0.269 e. The molecule has 162 valence electrons. The van der Waals surface area contributed by atoms with Gasteiger partial charge in [-0.2, -0.15) is 0 Å². The van der Waals surface area contributed by atoms with Crippen molar-refractivity contribution in [1.29, 1.82) is 0 Å². The predicted molar refractivity (Wildman–Crippen MR) is 123 cm³/mol. The van der Waals surface area contributed by atoms with E-state index < -0.39 is 11.8 Å². The van der Waals surface area contributed by atoms with E-state index in [9.17, 15) is 14.4 Å². The zero-order chi connectivity index (χ0) is 22.4. The Kier molecular flexibility index (Phi) is 7.70. The summed E-state index contributed by atoms with van der Waals surface area (Å²) in [5.41, 5.74) is 5.52. The number of benzene rings is 2. The van der Waals surface area contributed by atoms with E-state index in [1.54, 1.807) is 53.1 Å². The minimum atomic E-state index is -0.412. The Labute approximate surface area is 189 Å². The van der Waals surface area contributed by atoms with Crippen LogP contribution in [0.5, 0.6) is 0 Å². The van der Waals surface area contributed by atoms with Crippen LogP contribution in [-0.4, -0.2) is 27.1 Å². The summed E-state index contributed by atoms with van der Waals surface area (Å²) in [5.74, 6) is -0.437. The number of thioether (sulfide) groups is 1. The summed E-state index contributed by atoms with van der Waals surface area (Å²) >= 11 is 7.19. The zero-order valence-corrected chi connectivity index (χ0v) is 18.8. The molecular weight excluding hydrogens is 436 g/mol. The summed E-state index contributed by atoms with van der Waals surface area (Å²) in [5, 5.41) is 1.40. The van der Waals surface area contributed by atoms with Crippen molar-refractivity contribution < 1.29 is 9.59 Å². The molecule has 0 aliphatic carbocycles. The van der Waals surface area contributed by atoms with Crippen molar-refractivity contribution in [2.45, 2.75) is 32.0 Å². The topological polar surface area (TPSA) is 93.1 Å². The quantitative estimate of drug-likeness (QED) is 0.320. The molecule has 0 atom stereocenters. The molecule has 2 amide bonds. The van der Waals surface area contributed by atoms with Crippen LogP contribution in [0.15, 0.2) is 58.5 Å². The molecule has 0 radical (unpaired) electrons. The molecule has 31 heavy (non-hydrogen) atoms. The highest BCUT2D eigenvalue weighted by Gasteiger charge is 2.15. The fourth-order valence-electron chi connectivity index (χ4n) is 2.82. The summed E-state index contributed by atoms with van der Waals surface area (Å²) < 4.78 is 1.59. The molecule has 2 N–H and O–H groups in total. The van der Waals surface area contributed by atoms with Crippen molar-refractivity contribution in [3.8, 4) is 0 Å². The van der Waals surface area contributed by atoms with Gasteiger partial charge in [-0.25, -0.2) is 4.98 Å². The number of carbonyl (C=O) groups is 2. The normalized spacial score (nSPS) is 11.0. The zero-order valence-electron chi connectivity index (χ0n) is 17.2. The smallest absolute Gasteiger partial charge is 0.269 e. The van der Waals surface area contributed by atoms with Crippen LogP contribution in [0.25, 0.3) is 10.9 Å². The average Bonchev–Trinajstić information content (AvgIpc) is 2.75. The molecule has 9 heteroatoms. The molecule has 7 nitrogen and oxygen atoms in total. The van der Waals surface area contributed by atoms with Crippen molar-refractivity contribution in [2.75, 3.05) is 5.75 Å². The number of nitrogens with one attached hydrogen (secondary N) is 2. The molecule has 0 aliphatic rings. The minimum Gasteiger partial charge on any atom is -0.287 e. The first-order valence-electron chi connectivity index (χ1n) is 9.82. The fourth-order valence-corrected chi connectivity index (χ4v) is 3.81. The molecule has 0 fully saturated rings. The summed E-state index contributed by atoms with van der Waals surface area (Å²) in [6, 6.07) is 13.5. The van der Waals surface area contributed by atoms with Crippen LogP contribution in [0.3, 0.4) is 0 Å². The standard InChI is InChI=1S/C22H23ClN4O3S/c1-14(2)10-11-27-21(30)17-9-8-16(23)12-18(17)24-22(27)31-13-19(28)25-26-20(29)15-6-4-3-5-7-15/h3-9,12,14H,10-11,13H2,1-2H3,(H,25,28)(H,26,29). The van der Waals surface area contributed by atoms with Crippen LogP contribution in [-0.2, 0) is 11.3 Å². The Balaban J connectivity index is 1.73. The first-order chi connectivity index (χ1) is 14.8. The number of hydrazine groups is 1. The summed E-state index contributed by atoms with van der Waals surface area (Å²) in [7, 11) is 0. The van der Waals surface area contributed by atoms with Crippen molar-refractivity contribution >= 4 is 46.1 Å². The Morgan fingerprint density at radius 1 is 1.13 bits per heavy atom. The number of rotatable bonds is 7. The molecule has 0 bridgehead atoms. The first-order valence-corrected chi connectivity index (χ1v) is 11.2. The number of hydrogen-bond donors (Lipinski definition) is 2. The van der Waals surface area contributed by atoms with E-state index in [0.29, 0.717) is 39.1 Å². The molecule has 0 aliphatic heterocycles. The lowest BCUT2D eigenvalue weighted by Crippen LogP contribution is -2.42. The monoisotopic (exact) mass is 458 g/mol. The second-order valence-electron chi connectivity index (χ2n) is 7.35. The van der Waals surface area contributed by atoms with Crippen molar-refractivity contribution in [2.24, 2.45) is 5.92 Å². The number of nitrogens with zero attached hydrogens (tertiary/aromatic N) is 2. The highest BCUT2D eigenvalue weighted by Crippen LogP contribution is 2.21. The molecular formula is C22H23ClN4O3S. The second-order valence-corrected chi connectivity index (χ2v) is 8.73. The van der Waals surface area contributed by atoms with Crippen LogP contribution < -0.4 is 16.4 Å². The molecule has 3 rings (SSSR count). The van der Waals surface area contributed by atoms with E-state index in [2.05, 4.69) is 29.7 Å². The van der Waals surface area contributed by atoms with Crippen LogP contribution in [0.4, 0.5) is 0 Å². The third-order valence-electron chi connectivity index (χ3n) is 4.50. The SMILES string of the molecule is CC(C)CCn1c(SCC(=O)NNC(=O)c2ccccc2)nc2cc(Cl)ccc2c1=O. The molecule has 2 aromatic carbocycles. The van der Waals surface area contributed by atoms with Gasteiger partial charge in [-0.3, -0.25) is 29.8 Å². The highest BCUT2D eigenvalue weighted by molar-refractivity contribution is 7.99. The maximum absolute atomic E-state index is 13.0. The third-order valence-corrected chi connectivity index (χ3v) is 5.71. The van der Waals surface area contributed by atoms with Crippen LogP contribution in [0.1, 0.15) is 30.6 Å². The molecule has 1 heterocycles. The van der Waals surface area contributed by atoms with E-state index >= 15 is 0 Å². The second kappa shape index (κ2) is 10.5. The molecule has 3 aromatic rings. The lowest BCUT2D eigenvalue weighted by Gasteiger charge is -2.14. The summed E-state index contributed by atoms with van der Waals surface area (Å²) in [6.07, 6.45) is 0.799. The Bertz CT molecular complexity index is 1150. The van der Waals surface area contributed by atoms with Gasteiger partial charge in [0.2, 0.25) is 5.91 Å². The van der Waals surface area contributed by atoms with Crippen molar-refractivity contribution in [3.63, 3.8) is 0 Å². The Morgan fingerprint density at radius 3 is 2.58 bits per heavy atom. The van der Waals surface area contributed by atoms with Gasteiger partial charge >= 0.3 is 0 Å². The summed E-state index contributed by atoms with van der Waals surface area (Å²) in [6.45, 7) is 4.65. The van der Waals surface area contributed by atoms with Gasteiger partial charge in [0.1, 0.15) is 0 Å². The van der Waals surface area contributed by atoms with E-state index in [1.165, 1.54) is 0 Å². The van der Waals surface area contributed by atoms with Gasteiger partial charge in [-0.05, 0) is 42.7 Å². The van der Waals surface area contributed by atoms with Crippen molar-refractivity contribution in [1.82, 2.24) is 20.4 Å². The summed E-state index contributed by atoms with van der Waals surface area (Å²) in [4.78, 5) is 41.9. The fraction of sp³-hybridized carbons (Fsp3) is 0.273. The highest BCUT2D eigenvalue weighted by atomic mass is 35.5. The van der Waals surface area contributed by atoms with Crippen molar-refractivity contribution in [3.05, 3.63) is 69.5 Å². The van der Waals surface area contributed by atoms with Gasteiger partial charge in [0, 0.05) is 17.1 Å². The third kappa shape index (κ3) is 6.08. The Morgan fingerprint density at radius 2 is 1.87 bits per heavy atom. The van der Waals surface area contributed by atoms with E-state index in [1.807, 2.05) is 0 Å². The maximum atomic E-state index is 13.0. The number of aromatic nitrogens is 2. The lowest BCUT2D eigenvalue weighted by atomic mass is 10.1. The van der Waals surface area contributed by atoms with E-state index in [-0.39, 0.29) is 11.3 Å².